The molecule has 3 amide bonds. The fourth-order valence-electron chi connectivity index (χ4n) is 2.68. The van der Waals surface area contributed by atoms with Gasteiger partial charge in [-0.3, -0.25) is 9.69 Å². The molecule has 5 nitrogen and oxygen atoms in total. The topological polar surface area (TPSA) is 61.4 Å². The molecule has 0 aromatic heterocycles. The second kappa shape index (κ2) is 7.57. The lowest BCUT2D eigenvalue weighted by molar-refractivity contribution is -0.115. The molecule has 7 heteroatoms. The Kier molecular flexibility index (Phi) is 5.23. The summed E-state index contributed by atoms with van der Waals surface area (Å²) in [6.45, 7) is 2.36. The summed E-state index contributed by atoms with van der Waals surface area (Å²) in [6, 6.07) is 13.2. The minimum atomic E-state index is -0.431. The molecule has 2 aromatic rings. The first-order chi connectivity index (χ1) is 12.1. The Labute approximate surface area is 149 Å². The van der Waals surface area contributed by atoms with E-state index in [2.05, 4.69) is 10.6 Å². The van der Waals surface area contributed by atoms with Crippen LogP contribution in [0, 0.1) is 5.82 Å². The van der Waals surface area contributed by atoms with Crippen LogP contribution in [0.4, 0.5) is 20.6 Å². The molecule has 1 heterocycles. The highest BCUT2D eigenvalue weighted by atomic mass is 32.2. The number of carbonyl (C=O) groups is 2. The third-order valence-corrected chi connectivity index (χ3v) is 4.96. The molecule has 3 rings (SSSR count). The summed E-state index contributed by atoms with van der Waals surface area (Å²) in [7, 11) is 0. The van der Waals surface area contributed by atoms with Gasteiger partial charge in [0, 0.05) is 12.2 Å². The Balaban J connectivity index is 1.89. The van der Waals surface area contributed by atoms with Crippen LogP contribution in [0.1, 0.15) is 17.9 Å². The number of nitrogens with zero attached hydrogens (tertiary/aromatic N) is 1. The Bertz CT molecular complexity index is 799. The third kappa shape index (κ3) is 3.76. The summed E-state index contributed by atoms with van der Waals surface area (Å²) in [5, 5.41) is 5.08. The van der Waals surface area contributed by atoms with Crippen LogP contribution >= 0.6 is 11.8 Å². The van der Waals surface area contributed by atoms with Gasteiger partial charge < -0.3 is 10.6 Å². The van der Waals surface area contributed by atoms with Gasteiger partial charge in [0.25, 0.3) is 0 Å². The van der Waals surface area contributed by atoms with Gasteiger partial charge in [-0.25, -0.2) is 9.18 Å². The quantitative estimate of drug-likeness (QED) is 0.874. The molecule has 1 saturated heterocycles. The van der Waals surface area contributed by atoms with Crippen LogP contribution in [0.25, 0.3) is 0 Å². The van der Waals surface area contributed by atoms with Crippen molar-refractivity contribution in [2.45, 2.75) is 12.3 Å². The normalized spacial score (nSPS) is 16.8. The number of hydrogen-bond acceptors (Lipinski definition) is 3. The number of rotatable bonds is 4. The third-order valence-electron chi connectivity index (χ3n) is 3.75. The van der Waals surface area contributed by atoms with Crippen LogP contribution in [-0.4, -0.2) is 24.2 Å². The lowest BCUT2D eigenvalue weighted by Gasteiger charge is -2.25. The predicted molar refractivity (Wildman–Crippen MR) is 98.2 cm³/mol. The zero-order valence-corrected chi connectivity index (χ0v) is 14.5. The molecule has 0 spiro atoms. The molecule has 1 fully saturated rings. The first-order valence-electron chi connectivity index (χ1n) is 7.93. The van der Waals surface area contributed by atoms with Gasteiger partial charge in [-0.15, -0.1) is 11.8 Å². The zero-order valence-electron chi connectivity index (χ0n) is 13.7. The van der Waals surface area contributed by atoms with Gasteiger partial charge in [0.1, 0.15) is 11.2 Å². The van der Waals surface area contributed by atoms with Crippen molar-refractivity contribution in [2.75, 3.05) is 22.5 Å². The number of thioether (sulfide) groups is 1. The summed E-state index contributed by atoms with van der Waals surface area (Å²) >= 11 is 1.43. The minimum absolute atomic E-state index is 0.137. The second-order valence-corrected chi connectivity index (χ2v) is 6.56. The zero-order chi connectivity index (χ0) is 17.8. The number of nitrogens with one attached hydrogen (secondary N) is 2. The lowest BCUT2D eigenvalue weighted by Crippen LogP contribution is -2.29. The van der Waals surface area contributed by atoms with Crippen molar-refractivity contribution >= 4 is 35.1 Å². The smallest absolute Gasteiger partial charge is 0.319 e. The number of amides is 3. The highest BCUT2D eigenvalue weighted by molar-refractivity contribution is 8.00. The fourth-order valence-corrected chi connectivity index (χ4v) is 3.84. The van der Waals surface area contributed by atoms with Gasteiger partial charge in [0.15, 0.2) is 0 Å². The van der Waals surface area contributed by atoms with Gasteiger partial charge in [-0.1, -0.05) is 24.3 Å². The largest absolute Gasteiger partial charge is 0.338 e. The van der Waals surface area contributed by atoms with Crippen molar-refractivity contribution in [1.82, 2.24) is 5.32 Å². The maximum absolute atomic E-state index is 14.2. The van der Waals surface area contributed by atoms with Crippen LogP contribution in [0.2, 0.25) is 0 Å². The number of carbonyl (C=O) groups excluding carboxylic acids is 2. The SMILES string of the molecule is CCNC(=O)Nc1cccc([C@H]2SCC(=O)N2c2ccccc2F)c1. The summed E-state index contributed by atoms with van der Waals surface area (Å²) in [5.41, 5.74) is 1.72. The molecule has 130 valence electrons. The molecule has 0 bridgehead atoms. The first kappa shape index (κ1) is 17.3. The maximum atomic E-state index is 14.2. The summed E-state index contributed by atoms with van der Waals surface area (Å²) < 4.78 is 14.2. The van der Waals surface area contributed by atoms with E-state index in [0.29, 0.717) is 12.2 Å². The number of hydrogen-bond donors (Lipinski definition) is 2. The van der Waals surface area contributed by atoms with Crippen molar-refractivity contribution in [2.24, 2.45) is 0 Å². The number of benzene rings is 2. The molecular formula is C18H18FN3O2S. The van der Waals surface area contributed by atoms with Gasteiger partial charge >= 0.3 is 6.03 Å². The highest BCUT2D eigenvalue weighted by Gasteiger charge is 2.35. The highest BCUT2D eigenvalue weighted by Crippen LogP contribution is 2.42. The fraction of sp³-hybridized carbons (Fsp3) is 0.222. The van der Waals surface area contributed by atoms with Crippen LogP contribution in [-0.2, 0) is 4.79 Å². The van der Waals surface area contributed by atoms with Gasteiger partial charge in [-0.05, 0) is 36.8 Å². The Hall–Kier alpha value is -2.54. The van der Waals surface area contributed by atoms with Crippen LogP contribution in [0.15, 0.2) is 48.5 Å². The lowest BCUT2D eigenvalue weighted by atomic mass is 10.1. The first-order valence-corrected chi connectivity index (χ1v) is 8.98. The second-order valence-electron chi connectivity index (χ2n) is 5.49. The molecule has 0 radical (unpaired) electrons. The Morgan fingerprint density at radius 1 is 1.28 bits per heavy atom. The van der Waals surface area contributed by atoms with E-state index in [1.165, 1.54) is 22.7 Å². The van der Waals surface area contributed by atoms with Crippen molar-refractivity contribution in [3.8, 4) is 0 Å². The Morgan fingerprint density at radius 3 is 2.84 bits per heavy atom. The maximum Gasteiger partial charge on any atom is 0.319 e. The molecule has 25 heavy (non-hydrogen) atoms. The van der Waals surface area contributed by atoms with E-state index in [1.54, 1.807) is 36.4 Å². The number of halogens is 1. The predicted octanol–water partition coefficient (Wildman–Crippen LogP) is 3.75. The van der Waals surface area contributed by atoms with E-state index in [1.807, 2.05) is 13.0 Å². The van der Waals surface area contributed by atoms with Crippen LogP contribution in [0.5, 0.6) is 0 Å². The number of para-hydroxylation sites is 1. The molecule has 2 N–H and O–H groups in total. The molecule has 0 saturated carbocycles. The van der Waals surface area contributed by atoms with E-state index in [4.69, 9.17) is 0 Å². The van der Waals surface area contributed by atoms with E-state index in [9.17, 15) is 14.0 Å². The van der Waals surface area contributed by atoms with E-state index < -0.39 is 5.82 Å². The van der Waals surface area contributed by atoms with Gasteiger partial charge in [0.05, 0.1) is 11.4 Å². The van der Waals surface area contributed by atoms with Gasteiger partial charge in [0.2, 0.25) is 5.91 Å². The van der Waals surface area contributed by atoms with Crippen LogP contribution in [0.3, 0.4) is 0 Å². The molecule has 1 aliphatic heterocycles. The van der Waals surface area contributed by atoms with Gasteiger partial charge in [-0.2, -0.15) is 0 Å². The monoisotopic (exact) mass is 359 g/mol. The molecular weight excluding hydrogens is 341 g/mol. The molecule has 0 unspecified atom stereocenters. The minimum Gasteiger partial charge on any atom is -0.338 e. The van der Waals surface area contributed by atoms with E-state index >= 15 is 0 Å². The van der Waals surface area contributed by atoms with E-state index in [-0.39, 0.29) is 28.8 Å². The van der Waals surface area contributed by atoms with Crippen molar-refractivity contribution in [3.63, 3.8) is 0 Å². The van der Waals surface area contributed by atoms with Crippen molar-refractivity contribution in [1.29, 1.82) is 0 Å². The average molecular weight is 359 g/mol. The summed E-state index contributed by atoms with van der Waals surface area (Å²) in [5.74, 6) is -0.283. The van der Waals surface area contributed by atoms with Crippen molar-refractivity contribution < 1.29 is 14.0 Å². The molecule has 2 aromatic carbocycles. The Morgan fingerprint density at radius 2 is 2.08 bits per heavy atom. The number of anilines is 2. The molecule has 0 aliphatic carbocycles. The summed E-state index contributed by atoms with van der Waals surface area (Å²) in [4.78, 5) is 25.5. The molecule has 1 aliphatic rings. The van der Waals surface area contributed by atoms with Crippen molar-refractivity contribution in [3.05, 3.63) is 59.9 Å². The standard InChI is InChI=1S/C18H18FN3O2S/c1-2-20-18(24)21-13-7-5-6-12(10-13)17-22(16(23)11-25-17)15-9-4-3-8-14(15)19/h3-10,17H,2,11H2,1H3,(H2,20,21,24)/t17-/m1/s1. The number of urea groups is 1. The summed E-state index contributed by atoms with van der Waals surface area (Å²) in [6.07, 6.45) is 0. The average Bonchev–Trinajstić information content (AvgIpc) is 2.97. The molecule has 1 atom stereocenters. The van der Waals surface area contributed by atoms with Crippen LogP contribution < -0.4 is 15.5 Å². The van der Waals surface area contributed by atoms with E-state index in [0.717, 1.165) is 5.56 Å².